The number of β-amino-alcohol motifs (C(OH)–C–C–N with tert-alkyl or cyclic N) is 1. The highest BCUT2D eigenvalue weighted by Crippen LogP contribution is 2.13. The van der Waals surface area contributed by atoms with Crippen LogP contribution in [-0.2, 0) is 11.2 Å². The monoisotopic (exact) mass is 226 g/mol. The minimum absolute atomic E-state index is 0.0665. The van der Waals surface area contributed by atoms with E-state index in [9.17, 15) is 9.90 Å². The van der Waals surface area contributed by atoms with E-state index in [-0.39, 0.29) is 12.0 Å². The molecule has 1 aromatic rings. The fourth-order valence-electron chi connectivity index (χ4n) is 1.72. The van der Waals surface area contributed by atoms with Gasteiger partial charge in [-0.15, -0.1) is 11.3 Å². The number of amides is 1. The van der Waals surface area contributed by atoms with Crippen LogP contribution in [0.5, 0.6) is 0 Å². The van der Waals surface area contributed by atoms with Crippen molar-refractivity contribution in [2.75, 3.05) is 13.1 Å². The van der Waals surface area contributed by atoms with E-state index in [0.717, 1.165) is 10.7 Å². The second-order valence-corrected chi connectivity index (χ2v) is 4.88. The number of aliphatic hydroxyl groups is 1. The quantitative estimate of drug-likeness (QED) is 0.803. The summed E-state index contributed by atoms with van der Waals surface area (Å²) in [5, 5.41) is 12.2. The van der Waals surface area contributed by atoms with Gasteiger partial charge in [-0.25, -0.2) is 4.98 Å². The fraction of sp³-hybridized carbons (Fsp3) is 0.600. The summed E-state index contributed by atoms with van der Waals surface area (Å²) in [4.78, 5) is 17.7. The minimum atomic E-state index is -0.342. The van der Waals surface area contributed by atoms with Gasteiger partial charge < -0.3 is 10.0 Å². The summed E-state index contributed by atoms with van der Waals surface area (Å²) >= 11 is 1.56. The largest absolute Gasteiger partial charge is 0.391 e. The lowest BCUT2D eigenvalue weighted by atomic mass is 10.3. The van der Waals surface area contributed by atoms with Crippen molar-refractivity contribution in [3.63, 3.8) is 0 Å². The average Bonchev–Trinajstić information content (AvgIpc) is 2.75. The van der Waals surface area contributed by atoms with E-state index in [1.807, 2.05) is 12.3 Å². The molecule has 4 nitrogen and oxygen atoms in total. The van der Waals surface area contributed by atoms with Gasteiger partial charge in [-0.05, 0) is 13.3 Å². The van der Waals surface area contributed by atoms with Gasteiger partial charge in [0.15, 0.2) is 0 Å². The highest BCUT2D eigenvalue weighted by atomic mass is 32.1. The number of carbonyl (C=O) groups is 1. The van der Waals surface area contributed by atoms with Crippen LogP contribution in [0.1, 0.15) is 17.1 Å². The normalized spacial score (nSPS) is 20.9. The van der Waals surface area contributed by atoms with Gasteiger partial charge in [0, 0.05) is 18.5 Å². The van der Waals surface area contributed by atoms with Crippen LogP contribution in [0.15, 0.2) is 5.38 Å². The predicted molar refractivity (Wildman–Crippen MR) is 57.8 cm³/mol. The molecule has 1 saturated heterocycles. The van der Waals surface area contributed by atoms with Gasteiger partial charge in [-0.1, -0.05) is 0 Å². The zero-order valence-electron chi connectivity index (χ0n) is 8.64. The van der Waals surface area contributed by atoms with Gasteiger partial charge in [0.05, 0.1) is 23.2 Å². The van der Waals surface area contributed by atoms with Crippen molar-refractivity contribution in [1.29, 1.82) is 0 Å². The topological polar surface area (TPSA) is 53.4 Å². The Morgan fingerprint density at radius 3 is 3.13 bits per heavy atom. The molecule has 1 aromatic heterocycles. The number of aromatic nitrogens is 1. The lowest BCUT2D eigenvalue weighted by Gasteiger charge is -2.14. The van der Waals surface area contributed by atoms with E-state index in [4.69, 9.17) is 0 Å². The van der Waals surface area contributed by atoms with Crippen LogP contribution in [0.3, 0.4) is 0 Å². The predicted octanol–water partition coefficient (Wildman–Crippen LogP) is 0.587. The number of likely N-dealkylation sites (tertiary alicyclic amines) is 1. The number of rotatable bonds is 2. The molecule has 1 atom stereocenters. The molecule has 15 heavy (non-hydrogen) atoms. The number of nitrogens with zero attached hydrogens (tertiary/aromatic N) is 2. The summed E-state index contributed by atoms with van der Waals surface area (Å²) in [5.74, 6) is 0.0665. The summed E-state index contributed by atoms with van der Waals surface area (Å²) in [6.07, 6.45) is 0.713. The molecule has 0 bridgehead atoms. The number of aliphatic hydroxyl groups excluding tert-OH is 1. The van der Waals surface area contributed by atoms with Crippen LogP contribution in [-0.4, -0.2) is 40.1 Å². The van der Waals surface area contributed by atoms with Crippen molar-refractivity contribution >= 4 is 17.2 Å². The second-order valence-electron chi connectivity index (χ2n) is 3.82. The molecule has 1 aliphatic heterocycles. The molecule has 0 saturated carbocycles. The lowest BCUT2D eigenvalue weighted by molar-refractivity contribution is -0.129. The third kappa shape index (κ3) is 2.54. The molecule has 0 aliphatic carbocycles. The molecule has 0 aromatic carbocycles. The van der Waals surface area contributed by atoms with Crippen LogP contribution in [0.25, 0.3) is 0 Å². The third-order valence-corrected chi connectivity index (χ3v) is 3.34. The molecule has 1 N–H and O–H groups in total. The molecule has 2 rings (SSSR count). The van der Waals surface area contributed by atoms with Crippen molar-refractivity contribution in [2.45, 2.75) is 25.9 Å². The van der Waals surface area contributed by atoms with Crippen LogP contribution in [0.4, 0.5) is 0 Å². The highest BCUT2D eigenvalue weighted by Gasteiger charge is 2.24. The average molecular weight is 226 g/mol. The fourth-order valence-corrected chi connectivity index (χ4v) is 2.34. The van der Waals surface area contributed by atoms with Crippen LogP contribution < -0.4 is 0 Å². The summed E-state index contributed by atoms with van der Waals surface area (Å²) in [5.41, 5.74) is 0.837. The summed E-state index contributed by atoms with van der Waals surface area (Å²) in [7, 11) is 0. The van der Waals surface area contributed by atoms with Crippen LogP contribution in [0, 0.1) is 6.92 Å². The number of hydrogen-bond acceptors (Lipinski definition) is 4. The van der Waals surface area contributed by atoms with Gasteiger partial charge in [0.1, 0.15) is 0 Å². The smallest absolute Gasteiger partial charge is 0.228 e. The van der Waals surface area contributed by atoms with E-state index in [0.29, 0.717) is 25.9 Å². The maximum Gasteiger partial charge on any atom is 0.228 e. The van der Waals surface area contributed by atoms with Gasteiger partial charge >= 0.3 is 0 Å². The van der Waals surface area contributed by atoms with E-state index < -0.39 is 0 Å². The van der Waals surface area contributed by atoms with Gasteiger partial charge in [0.25, 0.3) is 0 Å². The molecule has 1 fully saturated rings. The van der Waals surface area contributed by atoms with Crippen molar-refractivity contribution < 1.29 is 9.90 Å². The number of carbonyl (C=O) groups excluding carboxylic acids is 1. The van der Waals surface area contributed by atoms with E-state index in [1.165, 1.54) is 0 Å². The first-order chi connectivity index (χ1) is 7.15. The summed E-state index contributed by atoms with van der Waals surface area (Å²) in [6, 6.07) is 0. The minimum Gasteiger partial charge on any atom is -0.391 e. The Hall–Kier alpha value is -0.940. The van der Waals surface area contributed by atoms with Crippen molar-refractivity contribution in [2.24, 2.45) is 0 Å². The Morgan fingerprint density at radius 2 is 2.60 bits per heavy atom. The van der Waals surface area contributed by atoms with Crippen LogP contribution in [0.2, 0.25) is 0 Å². The summed E-state index contributed by atoms with van der Waals surface area (Å²) in [6.45, 7) is 3.07. The Kier molecular flexibility index (Phi) is 3.02. The lowest BCUT2D eigenvalue weighted by Crippen LogP contribution is -2.30. The highest BCUT2D eigenvalue weighted by molar-refractivity contribution is 7.09. The zero-order chi connectivity index (χ0) is 10.8. The van der Waals surface area contributed by atoms with Gasteiger partial charge in [-0.3, -0.25) is 4.79 Å². The maximum absolute atomic E-state index is 11.7. The van der Waals surface area contributed by atoms with E-state index in [2.05, 4.69) is 4.98 Å². The van der Waals surface area contributed by atoms with Crippen LogP contribution >= 0.6 is 11.3 Å². The first-order valence-corrected chi connectivity index (χ1v) is 5.90. The number of aryl methyl sites for hydroxylation is 1. The third-order valence-electron chi connectivity index (χ3n) is 2.51. The molecular formula is C10H14N2O2S. The maximum atomic E-state index is 11.7. The molecule has 0 radical (unpaired) electrons. The first-order valence-electron chi connectivity index (χ1n) is 5.02. The molecule has 1 aliphatic rings. The molecule has 1 unspecified atom stereocenters. The molecule has 1 amide bonds. The van der Waals surface area contributed by atoms with Crippen molar-refractivity contribution in [3.05, 3.63) is 16.1 Å². The SMILES string of the molecule is Cc1nc(CC(=O)N2CCC(O)C2)cs1. The van der Waals surface area contributed by atoms with Crippen molar-refractivity contribution in [1.82, 2.24) is 9.88 Å². The first kappa shape index (κ1) is 10.6. The Balaban J connectivity index is 1.92. The molecule has 2 heterocycles. The Morgan fingerprint density at radius 1 is 1.80 bits per heavy atom. The zero-order valence-corrected chi connectivity index (χ0v) is 9.46. The van der Waals surface area contributed by atoms with Crippen molar-refractivity contribution in [3.8, 4) is 0 Å². The molecule has 5 heteroatoms. The van der Waals surface area contributed by atoms with Gasteiger partial charge in [0.2, 0.25) is 5.91 Å². The molecule has 0 spiro atoms. The number of thiazole rings is 1. The standard InChI is InChI=1S/C10H14N2O2S/c1-7-11-8(6-15-7)4-10(14)12-3-2-9(13)5-12/h6,9,13H,2-5H2,1H3. The number of hydrogen-bond donors (Lipinski definition) is 1. The van der Waals surface area contributed by atoms with E-state index >= 15 is 0 Å². The van der Waals surface area contributed by atoms with E-state index in [1.54, 1.807) is 16.2 Å². The second kappa shape index (κ2) is 4.28. The Labute approximate surface area is 92.6 Å². The summed E-state index contributed by atoms with van der Waals surface area (Å²) < 4.78 is 0. The Bertz CT molecular complexity index is 364. The van der Waals surface area contributed by atoms with Gasteiger partial charge in [-0.2, -0.15) is 0 Å². The molecular weight excluding hydrogens is 212 g/mol. The molecule has 82 valence electrons.